The standard InChI is InChI=1S/C21H26N2O3/c1-14(2)17-10-8-16(9-11-17)12-18(13-22)21(25)26-15(3)20(24)23-19-6-4-5-7-19/h8-12,14-15,19H,4-7H2,1-3H3,(H,23,24)/b18-12+/t15-/m0/s1. The number of hydrogen-bond acceptors (Lipinski definition) is 4. The Kier molecular flexibility index (Phi) is 6.97. The predicted octanol–water partition coefficient (Wildman–Crippen LogP) is 3.71. The summed E-state index contributed by atoms with van der Waals surface area (Å²) >= 11 is 0. The average Bonchev–Trinajstić information content (AvgIpc) is 3.12. The van der Waals surface area contributed by atoms with E-state index in [0.717, 1.165) is 31.2 Å². The van der Waals surface area contributed by atoms with Crippen molar-refractivity contribution < 1.29 is 14.3 Å². The first-order valence-electron chi connectivity index (χ1n) is 9.13. The topological polar surface area (TPSA) is 79.2 Å². The Balaban J connectivity index is 1.98. The lowest BCUT2D eigenvalue weighted by Gasteiger charge is -2.16. The van der Waals surface area contributed by atoms with Gasteiger partial charge in [0.2, 0.25) is 0 Å². The molecule has 0 bridgehead atoms. The van der Waals surface area contributed by atoms with Gasteiger partial charge in [-0.3, -0.25) is 4.79 Å². The first-order valence-corrected chi connectivity index (χ1v) is 9.13. The fraction of sp³-hybridized carbons (Fsp3) is 0.476. The van der Waals surface area contributed by atoms with Gasteiger partial charge in [-0.25, -0.2) is 4.79 Å². The van der Waals surface area contributed by atoms with Crippen LogP contribution in [-0.2, 0) is 14.3 Å². The van der Waals surface area contributed by atoms with Crippen molar-refractivity contribution in [3.05, 3.63) is 41.0 Å². The Bertz CT molecular complexity index is 708. The van der Waals surface area contributed by atoms with Crippen molar-refractivity contribution in [3.63, 3.8) is 0 Å². The summed E-state index contributed by atoms with van der Waals surface area (Å²) in [6.07, 6.45) is 4.69. The van der Waals surface area contributed by atoms with E-state index in [0.29, 0.717) is 5.92 Å². The molecular weight excluding hydrogens is 328 g/mol. The van der Waals surface area contributed by atoms with Crippen LogP contribution in [-0.4, -0.2) is 24.0 Å². The van der Waals surface area contributed by atoms with Crippen molar-refractivity contribution in [3.8, 4) is 6.07 Å². The molecule has 1 fully saturated rings. The van der Waals surface area contributed by atoms with E-state index >= 15 is 0 Å². The SMILES string of the molecule is CC(C)c1ccc(/C=C(\C#N)C(=O)O[C@@H](C)C(=O)NC2CCCC2)cc1. The molecule has 0 heterocycles. The van der Waals surface area contributed by atoms with Crippen molar-refractivity contribution in [2.45, 2.75) is 64.5 Å². The van der Waals surface area contributed by atoms with Crippen LogP contribution in [0.3, 0.4) is 0 Å². The van der Waals surface area contributed by atoms with Crippen LogP contribution in [0.1, 0.15) is 63.5 Å². The Morgan fingerprint density at radius 1 is 1.19 bits per heavy atom. The van der Waals surface area contributed by atoms with Crippen LogP contribution in [0.4, 0.5) is 0 Å². The summed E-state index contributed by atoms with van der Waals surface area (Å²) in [5.74, 6) is -0.689. The zero-order valence-electron chi connectivity index (χ0n) is 15.6. The summed E-state index contributed by atoms with van der Waals surface area (Å²) in [7, 11) is 0. The van der Waals surface area contributed by atoms with Crippen LogP contribution < -0.4 is 5.32 Å². The van der Waals surface area contributed by atoms with Crippen LogP contribution in [0.2, 0.25) is 0 Å². The molecule has 5 nitrogen and oxygen atoms in total. The number of benzene rings is 1. The molecule has 0 aliphatic heterocycles. The van der Waals surface area contributed by atoms with Gasteiger partial charge >= 0.3 is 5.97 Å². The number of nitrogens with zero attached hydrogens (tertiary/aromatic N) is 1. The number of amides is 1. The van der Waals surface area contributed by atoms with Gasteiger partial charge in [-0.05, 0) is 42.9 Å². The fourth-order valence-corrected chi connectivity index (χ4v) is 2.95. The van der Waals surface area contributed by atoms with Crippen molar-refractivity contribution in [2.75, 3.05) is 0 Å². The molecule has 26 heavy (non-hydrogen) atoms. The van der Waals surface area contributed by atoms with Gasteiger partial charge in [0, 0.05) is 6.04 Å². The third-order valence-corrected chi connectivity index (χ3v) is 4.61. The predicted molar refractivity (Wildman–Crippen MR) is 100 cm³/mol. The number of carbonyl (C=O) groups is 2. The van der Waals surface area contributed by atoms with Crippen molar-refractivity contribution >= 4 is 18.0 Å². The first-order chi connectivity index (χ1) is 12.4. The highest BCUT2D eigenvalue weighted by Crippen LogP contribution is 2.18. The third-order valence-electron chi connectivity index (χ3n) is 4.61. The Labute approximate surface area is 155 Å². The maximum absolute atomic E-state index is 12.2. The second-order valence-electron chi connectivity index (χ2n) is 7.03. The molecule has 2 rings (SSSR count). The number of rotatable bonds is 6. The van der Waals surface area contributed by atoms with Gasteiger partial charge in [0.15, 0.2) is 6.10 Å². The highest BCUT2D eigenvalue weighted by atomic mass is 16.5. The minimum Gasteiger partial charge on any atom is -0.448 e. The second kappa shape index (κ2) is 9.19. The lowest BCUT2D eigenvalue weighted by molar-refractivity contribution is -0.151. The first kappa shape index (κ1) is 19.7. The van der Waals surface area contributed by atoms with Gasteiger partial charge in [0.1, 0.15) is 11.6 Å². The molecule has 1 N–H and O–H groups in total. The molecule has 0 saturated heterocycles. The monoisotopic (exact) mass is 354 g/mol. The van der Waals surface area contributed by atoms with Gasteiger partial charge < -0.3 is 10.1 Å². The maximum atomic E-state index is 12.2. The third kappa shape index (κ3) is 5.45. The molecule has 1 aliphatic rings. The Hall–Kier alpha value is -2.61. The van der Waals surface area contributed by atoms with E-state index in [1.165, 1.54) is 18.6 Å². The Morgan fingerprint density at radius 2 is 1.81 bits per heavy atom. The van der Waals surface area contributed by atoms with Crippen LogP contribution in [0, 0.1) is 11.3 Å². The summed E-state index contributed by atoms with van der Waals surface area (Å²) in [6.45, 7) is 5.72. The molecule has 138 valence electrons. The lowest BCUT2D eigenvalue weighted by atomic mass is 10.0. The summed E-state index contributed by atoms with van der Waals surface area (Å²) in [5, 5.41) is 12.2. The van der Waals surface area contributed by atoms with Crippen molar-refractivity contribution in [1.82, 2.24) is 5.32 Å². The number of ether oxygens (including phenoxy) is 1. The van der Waals surface area contributed by atoms with Gasteiger partial charge in [0.25, 0.3) is 5.91 Å². The largest absolute Gasteiger partial charge is 0.448 e. The van der Waals surface area contributed by atoms with E-state index in [2.05, 4.69) is 19.2 Å². The molecule has 1 atom stereocenters. The summed E-state index contributed by atoms with van der Waals surface area (Å²) < 4.78 is 5.17. The lowest BCUT2D eigenvalue weighted by Crippen LogP contribution is -2.41. The number of esters is 1. The van der Waals surface area contributed by atoms with Gasteiger partial charge in [0.05, 0.1) is 0 Å². The maximum Gasteiger partial charge on any atom is 0.349 e. The summed E-state index contributed by atoms with van der Waals surface area (Å²) in [4.78, 5) is 24.3. The minimum absolute atomic E-state index is 0.122. The van der Waals surface area contributed by atoms with Crippen LogP contribution in [0.15, 0.2) is 29.8 Å². The second-order valence-corrected chi connectivity index (χ2v) is 7.03. The zero-order chi connectivity index (χ0) is 19.1. The zero-order valence-corrected chi connectivity index (χ0v) is 15.6. The molecule has 1 aliphatic carbocycles. The highest BCUT2D eigenvalue weighted by Gasteiger charge is 2.24. The average molecular weight is 354 g/mol. The minimum atomic E-state index is -0.928. The molecule has 5 heteroatoms. The van der Waals surface area contributed by atoms with E-state index in [1.807, 2.05) is 30.3 Å². The summed E-state index contributed by atoms with van der Waals surface area (Å²) in [6, 6.07) is 9.67. The van der Waals surface area contributed by atoms with E-state index in [-0.39, 0.29) is 17.5 Å². The van der Waals surface area contributed by atoms with Crippen LogP contribution >= 0.6 is 0 Å². The van der Waals surface area contributed by atoms with E-state index in [4.69, 9.17) is 4.74 Å². The molecular formula is C21H26N2O3. The number of nitriles is 1. The molecule has 0 unspecified atom stereocenters. The fourth-order valence-electron chi connectivity index (χ4n) is 2.95. The van der Waals surface area contributed by atoms with Crippen molar-refractivity contribution in [1.29, 1.82) is 5.26 Å². The van der Waals surface area contributed by atoms with Crippen LogP contribution in [0.25, 0.3) is 6.08 Å². The van der Waals surface area contributed by atoms with Gasteiger partial charge in [-0.2, -0.15) is 5.26 Å². The highest BCUT2D eigenvalue weighted by molar-refractivity contribution is 5.99. The molecule has 1 saturated carbocycles. The van der Waals surface area contributed by atoms with Crippen LogP contribution in [0.5, 0.6) is 0 Å². The molecule has 1 aromatic carbocycles. The number of carbonyl (C=O) groups excluding carboxylic acids is 2. The molecule has 0 spiro atoms. The molecule has 1 amide bonds. The van der Waals surface area contributed by atoms with Gasteiger partial charge in [-0.1, -0.05) is 51.0 Å². The molecule has 1 aromatic rings. The number of hydrogen-bond donors (Lipinski definition) is 1. The smallest absolute Gasteiger partial charge is 0.349 e. The molecule has 0 radical (unpaired) electrons. The summed E-state index contributed by atoms with van der Waals surface area (Å²) in [5.41, 5.74) is 1.80. The number of nitrogens with one attached hydrogen (secondary N) is 1. The van der Waals surface area contributed by atoms with E-state index in [9.17, 15) is 14.9 Å². The normalized spacial score (nSPS) is 16.2. The van der Waals surface area contributed by atoms with E-state index < -0.39 is 12.1 Å². The van der Waals surface area contributed by atoms with Gasteiger partial charge in [-0.15, -0.1) is 0 Å². The Morgan fingerprint density at radius 3 is 2.35 bits per heavy atom. The van der Waals surface area contributed by atoms with E-state index in [1.54, 1.807) is 0 Å². The van der Waals surface area contributed by atoms with Crippen molar-refractivity contribution in [2.24, 2.45) is 0 Å². The molecule has 0 aromatic heterocycles. The quantitative estimate of drug-likeness (QED) is 0.480.